The van der Waals surface area contributed by atoms with Crippen LogP contribution in [0, 0.1) is 11.6 Å². The average molecular weight is 545 g/mol. The Balaban J connectivity index is 1.56. The standard InChI is InChI=1S/C25H26F2N6O4S/c1-24(19-9-16(3-5-20(19)27)10-22(34)21-6-4-17(26)11-30-21)25(38(35,36)32(2)23(28)31-24)7-8-33(14-25)13-18-12-29-15-37-18/h3-6,9,11-12,15H,7-8,10,13-14H2,1-2H3,(H2,28,31)/t24-,25+/m1/s1. The number of ketones is 1. The highest BCUT2D eigenvalue weighted by Crippen LogP contribution is 2.51. The van der Waals surface area contributed by atoms with Crippen molar-refractivity contribution in [1.82, 2.24) is 19.2 Å². The van der Waals surface area contributed by atoms with E-state index in [0.29, 0.717) is 24.4 Å². The van der Waals surface area contributed by atoms with Gasteiger partial charge in [0.2, 0.25) is 16.0 Å². The monoisotopic (exact) mass is 544 g/mol. The Morgan fingerprint density at radius 3 is 2.68 bits per heavy atom. The van der Waals surface area contributed by atoms with Gasteiger partial charge in [-0.15, -0.1) is 0 Å². The normalized spacial score (nSPS) is 25.1. The van der Waals surface area contributed by atoms with Gasteiger partial charge in [-0.25, -0.2) is 31.5 Å². The molecule has 0 bridgehead atoms. The number of hydrogen-bond acceptors (Lipinski definition) is 9. The van der Waals surface area contributed by atoms with E-state index < -0.39 is 37.7 Å². The lowest BCUT2D eigenvalue weighted by Gasteiger charge is -2.48. The molecule has 0 saturated carbocycles. The maximum absolute atomic E-state index is 15.5. The van der Waals surface area contributed by atoms with Gasteiger partial charge in [0.05, 0.1) is 18.9 Å². The molecule has 1 aromatic carbocycles. The van der Waals surface area contributed by atoms with Gasteiger partial charge in [0.15, 0.2) is 12.2 Å². The summed E-state index contributed by atoms with van der Waals surface area (Å²) in [6.07, 6.45) is 3.80. The number of sulfonamides is 1. The lowest BCUT2D eigenvalue weighted by atomic mass is 9.77. The van der Waals surface area contributed by atoms with E-state index in [1.54, 1.807) is 13.1 Å². The topological polar surface area (TPSA) is 135 Å². The predicted molar refractivity (Wildman–Crippen MR) is 133 cm³/mol. The molecule has 0 aliphatic carbocycles. The molecule has 13 heteroatoms. The van der Waals surface area contributed by atoms with Crippen LogP contribution in [0.15, 0.2) is 58.5 Å². The molecular weight excluding hydrogens is 518 g/mol. The van der Waals surface area contributed by atoms with Crippen molar-refractivity contribution in [2.45, 2.75) is 36.6 Å². The minimum absolute atomic E-state index is 0.0102. The van der Waals surface area contributed by atoms with E-state index in [-0.39, 0.29) is 36.6 Å². The molecule has 1 fully saturated rings. The first-order valence-electron chi connectivity index (χ1n) is 11.8. The fourth-order valence-corrected chi connectivity index (χ4v) is 7.52. The van der Waals surface area contributed by atoms with Gasteiger partial charge in [-0.1, -0.05) is 6.07 Å². The highest BCUT2D eigenvalue weighted by atomic mass is 32.2. The molecule has 2 N–H and O–H groups in total. The second-order valence-corrected chi connectivity index (χ2v) is 12.0. The van der Waals surface area contributed by atoms with Crippen molar-refractivity contribution in [2.75, 3.05) is 20.1 Å². The zero-order chi connectivity index (χ0) is 27.3. The first-order chi connectivity index (χ1) is 18.0. The molecule has 200 valence electrons. The summed E-state index contributed by atoms with van der Waals surface area (Å²) in [6, 6.07) is 6.49. The van der Waals surface area contributed by atoms with Crippen LogP contribution in [0.4, 0.5) is 8.78 Å². The van der Waals surface area contributed by atoms with Crippen molar-refractivity contribution >= 4 is 21.8 Å². The molecule has 1 saturated heterocycles. The van der Waals surface area contributed by atoms with Crippen LogP contribution >= 0.6 is 0 Å². The minimum atomic E-state index is -4.11. The van der Waals surface area contributed by atoms with E-state index in [2.05, 4.69) is 15.0 Å². The van der Waals surface area contributed by atoms with Crippen LogP contribution in [0.25, 0.3) is 0 Å². The van der Waals surface area contributed by atoms with Gasteiger partial charge in [0, 0.05) is 32.1 Å². The zero-order valence-electron chi connectivity index (χ0n) is 20.8. The van der Waals surface area contributed by atoms with E-state index in [0.717, 1.165) is 16.6 Å². The fraction of sp³-hybridized carbons (Fsp3) is 0.360. The Labute approximate surface area is 218 Å². The molecule has 0 amide bonds. The number of Topliss-reactive ketones (excluding diaryl/α,β-unsaturated/α-hetero) is 1. The third-order valence-corrected chi connectivity index (χ3v) is 10.1. The first-order valence-corrected chi connectivity index (χ1v) is 13.3. The number of nitrogens with two attached hydrogens (primary N) is 1. The Morgan fingerprint density at radius 2 is 2.00 bits per heavy atom. The number of oxazole rings is 1. The maximum Gasteiger partial charge on any atom is 0.247 e. The first kappa shape index (κ1) is 25.9. The number of aliphatic imine (C=N–C) groups is 1. The van der Waals surface area contributed by atoms with E-state index in [1.807, 2.05) is 4.90 Å². The van der Waals surface area contributed by atoms with E-state index in [4.69, 9.17) is 10.2 Å². The van der Waals surface area contributed by atoms with Crippen LogP contribution in [-0.2, 0) is 28.5 Å². The molecule has 38 heavy (non-hydrogen) atoms. The zero-order valence-corrected chi connectivity index (χ0v) is 21.6. The number of likely N-dealkylation sites (tertiary alicyclic amines) is 1. The Morgan fingerprint density at radius 1 is 1.21 bits per heavy atom. The van der Waals surface area contributed by atoms with Crippen LogP contribution < -0.4 is 5.73 Å². The number of aromatic nitrogens is 2. The third-order valence-electron chi connectivity index (χ3n) is 7.51. The molecule has 3 aromatic rings. The molecule has 2 aromatic heterocycles. The lowest BCUT2D eigenvalue weighted by molar-refractivity contribution is 0.0988. The average Bonchev–Trinajstić information content (AvgIpc) is 3.55. The summed E-state index contributed by atoms with van der Waals surface area (Å²) in [5.74, 6) is -1.34. The number of hydrogen-bond donors (Lipinski definition) is 1. The van der Waals surface area contributed by atoms with Crippen molar-refractivity contribution < 1.29 is 26.4 Å². The summed E-state index contributed by atoms with van der Waals surface area (Å²) < 4.78 is 61.4. The molecule has 0 unspecified atom stereocenters. The molecule has 2 aliphatic heterocycles. The Kier molecular flexibility index (Phi) is 6.30. The van der Waals surface area contributed by atoms with Gasteiger partial charge in [-0.05, 0) is 43.2 Å². The van der Waals surface area contributed by atoms with Gasteiger partial charge in [0.1, 0.15) is 33.4 Å². The molecule has 2 atom stereocenters. The van der Waals surface area contributed by atoms with Crippen LogP contribution in [0.2, 0.25) is 0 Å². The molecule has 10 nitrogen and oxygen atoms in total. The minimum Gasteiger partial charge on any atom is -0.447 e. The third kappa shape index (κ3) is 4.06. The number of halogens is 2. The molecule has 1 spiro atoms. The van der Waals surface area contributed by atoms with Crippen LogP contribution in [0.5, 0.6) is 0 Å². The highest BCUT2D eigenvalue weighted by molar-refractivity contribution is 7.91. The van der Waals surface area contributed by atoms with Gasteiger partial charge in [-0.3, -0.25) is 14.7 Å². The molecule has 2 aliphatic rings. The van der Waals surface area contributed by atoms with Crippen molar-refractivity contribution in [1.29, 1.82) is 0 Å². The largest absolute Gasteiger partial charge is 0.447 e. The smallest absolute Gasteiger partial charge is 0.247 e. The number of pyridine rings is 1. The molecular formula is C25H26F2N6O4S. The summed E-state index contributed by atoms with van der Waals surface area (Å²) in [5, 5.41) is 0. The van der Waals surface area contributed by atoms with Crippen molar-refractivity contribution in [2.24, 2.45) is 10.7 Å². The van der Waals surface area contributed by atoms with Gasteiger partial charge < -0.3 is 10.2 Å². The SMILES string of the molecule is CN1C(N)=N[C@](C)(c2cc(CC(=O)c3ccc(F)cn3)ccc2F)[C@@]2(CCN(Cc3cnco3)C2)S1(=O)=O. The quantitative estimate of drug-likeness (QED) is 0.467. The Hall–Kier alpha value is -3.71. The Bertz CT molecular complexity index is 1510. The number of rotatable bonds is 6. The lowest BCUT2D eigenvalue weighted by Crippen LogP contribution is -2.66. The van der Waals surface area contributed by atoms with Crippen LogP contribution in [0.3, 0.4) is 0 Å². The van der Waals surface area contributed by atoms with Gasteiger partial charge in [0.25, 0.3) is 0 Å². The molecule has 4 heterocycles. The maximum atomic E-state index is 15.5. The summed E-state index contributed by atoms with van der Waals surface area (Å²) >= 11 is 0. The number of nitrogens with zero attached hydrogens (tertiary/aromatic N) is 5. The number of carbonyl (C=O) groups is 1. The van der Waals surface area contributed by atoms with Crippen molar-refractivity contribution in [3.8, 4) is 0 Å². The molecule has 0 radical (unpaired) electrons. The van der Waals surface area contributed by atoms with Crippen LogP contribution in [0.1, 0.15) is 40.7 Å². The second-order valence-electron chi connectivity index (χ2n) is 9.71. The van der Waals surface area contributed by atoms with E-state index >= 15 is 4.39 Å². The van der Waals surface area contributed by atoms with Gasteiger partial charge >= 0.3 is 0 Å². The summed E-state index contributed by atoms with van der Waals surface area (Å²) in [4.78, 5) is 27.0. The van der Waals surface area contributed by atoms with E-state index in [1.165, 1.54) is 37.7 Å². The fourth-order valence-electron chi connectivity index (χ4n) is 5.36. The highest BCUT2D eigenvalue weighted by Gasteiger charge is 2.66. The van der Waals surface area contributed by atoms with Crippen LogP contribution in [-0.4, -0.2) is 64.2 Å². The van der Waals surface area contributed by atoms with Crippen molar-refractivity contribution in [3.05, 3.63) is 83.3 Å². The van der Waals surface area contributed by atoms with E-state index in [9.17, 15) is 17.6 Å². The number of carbonyl (C=O) groups excluding carboxylic acids is 1. The predicted octanol–water partition coefficient (Wildman–Crippen LogP) is 2.22. The number of benzene rings is 1. The molecule has 5 rings (SSSR count). The number of guanidine groups is 1. The van der Waals surface area contributed by atoms with Gasteiger partial charge in [-0.2, -0.15) is 0 Å². The summed E-state index contributed by atoms with van der Waals surface area (Å²) in [5.41, 5.74) is 4.94. The second kappa shape index (κ2) is 9.24. The summed E-state index contributed by atoms with van der Waals surface area (Å²) in [7, 11) is -2.78. The van der Waals surface area contributed by atoms with Crippen molar-refractivity contribution in [3.63, 3.8) is 0 Å². The summed E-state index contributed by atoms with van der Waals surface area (Å²) in [6.45, 7) is 2.30.